The highest BCUT2D eigenvalue weighted by molar-refractivity contribution is 6.21. The maximum Gasteiger partial charge on any atom is 0.261 e. The smallest absolute Gasteiger partial charge is 0.261 e. The van der Waals surface area contributed by atoms with Crippen LogP contribution in [0.3, 0.4) is 0 Å². The van der Waals surface area contributed by atoms with E-state index < -0.39 is 0 Å². The van der Waals surface area contributed by atoms with Crippen LogP contribution in [0, 0.1) is 0 Å². The zero-order valence-electron chi connectivity index (χ0n) is 14.5. The first-order valence-electron chi connectivity index (χ1n) is 8.74. The Morgan fingerprint density at radius 2 is 1.92 bits per heavy atom. The predicted octanol–water partition coefficient (Wildman–Crippen LogP) is 2.51. The number of aliphatic imine (C=N–C) groups is 1. The first-order chi connectivity index (χ1) is 12.6. The third-order valence-electron chi connectivity index (χ3n) is 4.70. The third kappa shape index (κ3) is 2.98. The highest BCUT2D eigenvalue weighted by Gasteiger charge is 2.34. The Balaban J connectivity index is 1.38. The Kier molecular flexibility index (Phi) is 4.24. The standard InChI is InChI=1S/C20H19N3O3/c1-13(26-18-10-15-11-21-8-6-14(15)12-22-18)7-9-23-19(24)16-4-2-3-5-17(16)20(23)25/h2-5,10-13H,6-9H2,1H3/t13-/m1/s1. The summed E-state index contributed by atoms with van der Waals surface area (Å²) in [4.78, 5) is 34.7. The predicted molar refractivity (Wildman–Crippen MR) is 96.9 cm³/mol. The van der Waals surface area contributed by atoms with Crippen LogP contribution >= 0.6 is 0 Å². The Bertz CT molecular complexity index is 872. The number of amides is 2. The van der Waals surface area contributed by atoms with Crippen molar-refractivity contribution in [1.82, 2.24) is 9.88 Å². The summed E-state index contributed by atoms with van der Waals surface area (Å²) in [5, 5.41) is 0. The van der Waals surface area contributed by atoms with Gasteiger partial charge >= 0.3 is 0 Å². The van der Waals surface area contributed by atoms with E-state index in [1.807, 2.05) is 25.4 Å². The van der Waals surface area contributed by atoms with E-state index in [-0.39, 0.29) is 17.9 Å². The molecule has 1 aromatic carbocycles. The van der Waals surface area contributed by atoms with Crippen molar-refractivity contribution in [3.05, 3.63) is 58.8 Å². The molecule has 0 spiro atoms. The minimum Gasteiger partial charge on any atom is -0.475 e. The molecule has 0 aliphatic carbocycles. The molecule has 2 aliphatic rings. The second-order valence-corrected chi connectivity index (χ2v) is 6.53. The molecule has 1 atom stereocenters. The Labute approximate surface area is 151 Å². The fourth-order valence-corrected chi connectivity index (χ4v) is 3.24. The quantitative estimate of drug-likeness (QED) is 0.778. The van der Waals surface area contributed by atoms with Gasteiger partial charge in [0.05, 0.1) is 17.2 Å². The first-order valence-corrected chi connectivity index (χ1v) is 8.74. The van der Waals surface area contributed by atoms with E-state index in [2.05, 4.69) is 9.98 Å². The van der Waals surface area contributed by atoms with Gasteiger partial charge in [0.2, 0.25) is 5.88 Å². The summed E-state index contributed by atoms with van der Waals surface area (Å²) >= 11 is 0. The molecule has 4 rings (SSSR count). The molecule has 132 valence electrons. The Hall–Kier alpha value is -3.02. The molecule has 0 bridgehead atoms. The molecule has 2 aliphatic heterocycles. The van der Waals surface area contributed by atoms with Gasteiger partial charge in [-0.05, 0) is 31.0 Å². The summed E-state index contributed by atoms with van der Waals surface area (Å²) in [7, 11) is 0. The maximum absolute atomic E-state index is 12.4. The number of ether oxygens (including phenoxy) is 1. The van der Waals surface area contributed by atoms with E-state index in [1.54, 1.807) is 24.3 Å². The lowest BCUT2D eigenvalue weighted by atomic mass is 10.1. The van der Waals surface area contributed by atoms with Gasteiger partial charge in [0.1, 0.15) is 0 Å². The first kappa shape index (κ1) is 16.4. The van der Waals surface area contributed by atoms with Crippen LogP contribution in [0.1, 0.15) is 45.2 Å². The van der Waals surface area contributed by atoms with E-state index in [1.165, 1.54) is 10.5 Å². The molecular weight excluding hydrogens is 330 g/mol. The molecule has 6 nitrogen and oxygen atoms in total. The van der Waals surface area contributed by atoms with Crippen molar-refractivity contribution in [1.29, 1.82) is 0 Å². The third-order valence-corrected chi connectivity index (χ3v) is 4.70. The molecule has 1 aromatic heterocycles. The summed E-state index contributed by atoms with van der Waals surface area (Å²) in [5.74, 6) is 0.0637. The van der Waals surface area contributed by atoms with E-state index in [4.69, 9.17) is 4.74 Å². The molecule has 0 fully saturated rings. The summed E-state index contributed by atoms with van der Waals surface area (Å²) < 4.78 is 5.87. The molecular formula is C20H19N3O3. The lowest BCUT2D eigenvalue weighted by Gasteiger charge is -2.19. The molecule has 0 N–H and O–H groups in total. The van der Waals surface area contributed by atoms with Gasteiger partial charge in [0.25, 0.3) is 11.8 Å². The van der Waals surface area contributed by atoms with Gasteiger partial charge in [-0.2, -0.15) is 0 Å². The highest BCUT2D eigenvalue weighted by Crippen LogP contribution is 2.23. The minimum atomic E-state index is -0.235. The number of rotatable bonds is 5. The zero-order chi connectivity index (χ0) is 18.1. The molecule has 26 heavy (non-hydrogen) atoms. The monoisotopic (exact) mass is 349 g/mol. The van der Waals surface area contributed by atoms with Crippen LogP contribution in [0.2, 0.25) is 0 Å². The van der Waals surface area contributed by atoms with Crippen molar-refractivity contribution < 1.29 is 14.3 Å². The van der Waals surface area contributed by atoms with Crippen LogP contribution in [0.25, 0.3) is 0 Å². The summed E-state index contributed by atoms with van der Waals surface area (Å²) in [6, 6.07) is 8.80. The molecule has 0 saturated heterocycles. The fourth-order valence-electron chi connectivity index (χ4n) is 3.24. The van der Waals surface area contributed by atoms with Crippen LogP contribution in [0.4, 0.5) is 0 Å². The van der Waals surface area contributed by atoms with E-state index >= 15 is 0 Å². The lowest BCUT2D eigenvalue weighted by molar-refractivity contribution is 0.0633. The van der Waals surface area contributed by atoms with Crippen LogP contribution in [0.15, 0.2) is 41.5 Å². The summed E-state index contributed by atoms with van der Waals surface area (Å²) in [6.45, 7) is 3.03. The number of hydrogen-bond donors (Lipinski definition) is 0. The number of aromatic nitrogens is 1. The lowest BCUT2D eigenvalue weighted by Crippen LogP contribution is -2.33. The largest absolute Gasteiger partial charge is 0.475 e. The van der Waals surface area contributed by atoms with Crippen molar-refractivity contribution in [3.63, 3.8) is 0 Å². The number of hydrogen-bond acceptors (Lipinski definition) is 5. The minimum absolute atomic E-state index is 0.176. The van der Waals surface area contributed by atoms with E-state index in [0.29, 0.717) is 30.0 Å². The Morgan fingerprint density at radius 1 is 1.19 bits per heavy atom. The van der Waals surface area contributed by atoms with Gasteiger partial charge < -0.3 is 4.74 Å². The van der Waals surface area contributed by atoms with Gasteiger partial charge in [-0.1, -0.05) is 12.1 Å². The molecule has 0 saturated carbocycles. The number of benzene rings is 1. The number of nitrogens with zero attached hydrogens (tertiary/aromatic N) is 3. The SMILES string of the molecule is C[C@H](CCN1C(=O)c2ccccc2C1=O)Oc1cc2c(cn1)CCN=C2. The second-order valence-electron chi connectivity index (χ2n) is 6.53. The van der Waals surface area contributed by atoms with E-state index in [9.17, 15) is 9.59 Å². The van der Waals surface area contributed by atoms with Gasteiger partial charge in [0, 0.05) is 43.6 Å². The van der Waals surface area contributed by atoms with Crippen LogP contribution in [-0.4, -0.2) is 47.1 Å². The molecule has 3 heterocycles. The number of carbonyl (C=O) groups excluding carboxylic acids is 2. The summed E-state index contributed by atoms with van der Waals surface area (Å²) in [6.07, 6.45) is 4.93. The average Bonchev–Trinajstić information content (AvgIpc) is 2.91. The van der Waals surface area contributed by atoms with Gasteiger partial charge in [-0.25, -0.2) is 4.98 Å². The van der Waals surface area contributed by atoms with Gasteiger partial charge in [-0.15, -0.1) is 0 Å². The number of imide groups is 1. The normalized spacial score (nSPS) is 16.4. The van der Waals surface area contributed by atoms with Crippen LogP contribution < -0.4 is 4.74 Å². The van der Waals surface area contributed by atoms with Crippen LogP contribution in [-0.2, 0) is 6.42 Å². The van der Waals surface area contributed by atoms with Crippen LogP contribution in [0.5, 0.6) is 5.88 Å². The number of carbonyl (C=O) groups is 2. The fraction of sp³-hybridized carbons (Fsp3) is 0.300. The van der Waals surface area contributed by atoms with E-state index in [0.717, 1.165) is 18.5 Å². The number of pyridine rings is 1. The van der Waals surface area contributed by atoms with Crippen molar-refractivity contribution in [3.8, 4) is 5.88 Å². The second kappa shape index (κ2) is 6.71. The highest BCUT2D eigenvalue weighted by atomic mass is 16.5. The molecule has 6 heteroatoms. The molecule has 2 aromatic rings. The van der Waals surface area contributed by atoms with Crippen molar-refractivity contribution in [2.24, 2.45) is 4.99 Å². The maximum atomic E-state index is 12.4. The average molecular weight is 349 g/mol. The Morgan fingerprint density at radius 3 is 2.65 bits per heavy atom. The number of fused-ring (bicyclic) bond motifs is 2. The van der Waals surface area contributed by atoms with Gasteiger partial charge in [0.15, 0.2) is 0 Å². The zero-order valence-corrected chi connectivity index (χ0v) is 14.5. The van der Waals surface area contributed by atoms with Crippen molar-refractivity contribution in [2.45, 2.75) is 25.9 Å². The topological polar surface area (TPSA) is 71.9 Å². The van der Waals surface area contributed by atoms with Gasteiger partial charge in [-0.3, -0.25) is 19.5 Å². The molecule has 0 radical (unpaired) electrons. The summed E-state index contributed by atoms with van der Waals surface area (Å²) in [5.41, 5.74) is 3.16. The molecule has 0 unspecified atom stereocenters. The van der Waals surface area contributed by atoms with Crippen molar-refractivity contribution >= 4 is 18.0 Å². The molecule has 2 amide bonds. The van der Waals surface area contributed by atoms with Crippen molar-refractivity contribution in [2.75, 3.05) is 13.1 Å².